The highest BCUT2D eigenvalue weighted by molar-refractivity contribution is 5.80. The summed E-state index contributed by atoms with van der Waals surface area (Å²) < 4.78 is 6.54. The molecule has 0 radical (unpaired) electrons. The number of nitrogens with zero attached hydrogens (tertiary/aromatic N) is 4. The summed E-state index contributed by atoms with van der Waals surface area (Å²) in [5.41, 5.74) is 8.91. The van der Waals surface area contributed by atoms with Crippen molar-refractivity contribution in [1.29, 1.82) is 0 Å². The van der Waals surface area contributed by atoms with Gasteiger partial charge in [0.1, 0.15) is 11.2 Å². The standard InChI is InChI=1S/C10H9N5O/c1-15-9-4-6(2-3-7(9)12-14-15)8-5-10(11)16-13-8/h2-5H,11H2,1H3. The number of aromatic nitrogens is 4. The molecule has 0 aliphatic heterocycles. The number of anilines is 1. The van der Waals surface area contributed by atoms with Crippen LogP contribution in [0, 0.1) is 0 Å². The van der Waals surface area contributed by atoms with Gasteiger partial charge < -0.3 is 10.3 Å². The van der Waals surface area contributed by atoms with Crippen LogP contribution in [0.2, 0.25) is 0 Å². The number of nitrogen functional groups attached to an aromatic ring is 1. The number of benzene rings is 1. The molecule has 0 atom stereocenters. The Hall–Kier alpha value is -2.37. The molecule has 0 bridgehead atoms. The summed E-state index contributed by atoms with van der Waals surface area (Å²) in [6.07, 6.45) is 0. The van der Waals surface area contributed by atoms with Gasteiger partial charge in [-0.2, -0.15) is 0 Å². The van der Waals surface area contributed by atoms with Crippen LogP contribution in [-0.4, -0.2) is 20.2 Å². The van der Waals surface area contributed by atoms with Gasteiger partial charge in [-0.1, -0.05) is 16.4 Å². The van der Waals surface area contributed by atoms with E-state index in [0.29, 0.717) is 11.6 Å². The maximum atomic E-state index is 5.48. The molecule has 6 heteroatoms. The highest BCUT2D eigenvalue weighted by atomic mass is 16.5. The SMILES string of the molecule is Cn1nnc2ccc(-c3cc(N)on3)cc21. The first-order valence-electron chi connectivity index (χ1n) is 4.76. The fraction of sp³-hybridized carbons (Fsp3) is 0.100. The van der Waals surface area contributed by atoms with E-state index in [-0.39, 0.29) is 0 Å². The Labute approximate surface area is 90.6 Å². The van der Waals surface area contributed by atoms with Crippen molar-refractivity contribution >= 4 is 16.9 Å². The van der Waals surface area contributed by atoms with E-state index in [0.717, 1.165) is 16.6 Å². The Balaban J connectivity index is 2.21. The molecule has 0 unspecified atom stereocenters. The van der Waals surface area contributed by atoms with Gasteiger partial charge >= 0.3 is 0 Å². The highest BCUT2D eigenvalue weighted by Crippen LogP contribution is 2.23. The molecule has 3 aromatic rings. The van der Waals surface area contributed by atoms with E-state index in [4.69, 9.17) is 10.3 Å². The van der Waals surface area contributed by atoms with Crippen LogP contribution in [0.1, 0.15) is 0 Å². The molecule has 0 spiro atoms. The summed E-state index contributed by atoms with van der Waals surface area (Å²) in [5.74, 6) is 0.304. The quantitative estimate of drug-likeness (QED) is 0.659. The molecular weight excluding hydrogens is 206 g/mol. The number of hydrogen-bond donors (Lipinski definition) is 1. The number of fused-ring (bicyclic) bond motifs is 1. The minimum atomic E-state index is 0.304. The van der Waals surface area contributed by atoms with Crippen molar-refractivity contribution < 1.29 is 4.52 Å². The van der Waals surface area contributed by atoms with Gasteiger partial charge in [0, 0.05) is 18.7 Å². The van der Waals surface area contributed by atoms with Crippen LogP contribution >= 0.6 is 0 Å². The lowest BCUT2D eigenvalue weighted by atomic mass is 10.1. The fourth-order valence-corrected chi connectivity index (χ4v) is 1.62. The molecule has 2 aromatic heterocycles. The van der Waals surface area contributed by atoms with Crippen molar-refractivity contribution in [2.75, 3.05) is 5.73 Å². The van der Waals surface area contributed by atoms with Crippen molar-refractivity contribution in [2.24, 2.45) is 7.05 Å². The molecule has 16 heavy (non-hydrogen) atoms. The van der Waals surface area contributed by atoms with Gasteiger partial charge in [-0.05, 0) is 12.1 Å². The van der Waals surface area contributed by atoms with Gasteiger partial charge in [-0.3, -0.25) is 0 Å². The first kappa shape index (κ1) is 8.90. The third-order valence-electron chi connectivity index (χ3n) is 2.43. The molecule has 1 aromatic carbocycles. The van der Waals surface area contributed by atoms with E-state index in [1.807, 2.05) is 25.2 Å². The molecule has 0 aliphatic carbocycles. The van der Waals surface area contributed by atoms with Crippen LogP contribution < -0.4 is 5.73 Å². The molecule has 2 heterocycles. The van der Waals surface area contributed by atoms with Crippen LogP contribution in [0.4, 0.5) is 5.88 Å². The Morgan fingerprint density at radius 3 is 2.94 bits per heavy atom. The molecule has 6 nitrogen and oxygen atoms in total. The summed E-state index contributed by atoms with van der Waals surface area (Å²) in [4.78, 5) is 0. The molecular formula is C10H9N5O. The summed E-state index contributed by atoms with van der Waals surface area (Å²) >= 11 is 0. The van der Waals surface area contributed by atoms with Gasteiger partial charge in [0.25, 0.3) is 0 Å². The van der Waals surface area contributed by atoms with Crippen molar-refractivity contribution in [3.63, 3.8) is 0 Å². The highest BCUT2D eigenvalue weighted by Gasteiger charge is 2.07. The predicted octanol–water partition coefficient (Wildman–Crippen LogP) is 1.21. The summed E-state index contributed by atoms with van der Waals surface area (Å²) in [5, 5.41) is 11.8. The topological polar surface area (TPSA) is 82.8 Å². The molecule has 0 fully saturated rings. The largest absolute Gasteiger partial charge is 0.368 e. The lowest BCUT2D eigenvalue weighted by molar-refractivity contribution is 0.439. The number of nitrogens with two attached hydrogens (primary N) is 1. The second-order valence-electron chi connectivity index (χ2n) is 3.53. The number of hydrogen-bond acceptors (Lipinski definition) is 5. The zero-order valence-electron chi connectivity index (χ0n) is 8.58. The second kappa shape index (κ2) is 3.06. The normalized spacial score (nSPS) is 11.1. The first-order chi connectivity index (χ1) is 7.74. The van der Waals surface area contributed by atoms with Crippen molar-refractivity contribution in [1.82, 2.24) is 20.2 Å². The first-order valence-corrected chi connectivity index (χ1v) is 4.76. The van der Waals surface area contributed by atoms with Crippen LogP contribution in [0.25, 0.3) is 22.3 Å². The Morgan fingerprint density at radius 1 is 1.31 bits per heavy atom. The lowest BCUT2D eigenvalue weighted by Gasteiger charge is -1.96. The van der Waals surface area contributed by atoms with E-state index >= 15 is 0 Å². The van der Waals surface area contributed by atoms with Crippen LogP contribution in [0.5, 0.6) is 0 Å². The summed E-state index contributed by atoms with van der Waals surface area (Å²) in [7, 11) is 1.84. The third kappa shape index (κ3) is 1.23. The van der Waals surface area contributed by atoms with E-state index in [9.17, 15) is 0 Å². The van der Waals surface area contributed by atoms with E-state index in [1.165, 1.54) is 0 Å². The average Bonchev–Trinajstić information content (AvgIpc) is 2.86. The van der Waals surface area contributed by atoms with Crippen LogP contribution in [0.15, 0.2) is 28.8 Å². The molecule has 0 saturated heterocycles. The number of aryl methyl sites for hydroxylation is 1. The van der Waals surface area contributed by atoms with Gasteiger partial charge in [-0.25, -0.2) is 4.68 Å². The predicted molar refractivity (Wildman–Crippen MR) is 58.4 cm³/mol. The zero-order valence-corrected chi connectivity index (χ0v) is 8.58. The summed E-state index contributed by atoms with van der Waals surface area (Å²) in [6.45, 7) is 0. The maximum absolute atomic E-state index is 5.48. The zero-order chi connectivity index (χ0) is 11.1. The van der Waals surface area contributed by atoms with Gasteiger partial charge in [-0.15, -0.1) is 5.10 Å². The molecule has 0 aliphatic rings. The Bertz CT molecular complexity index is 654. The maximum Gasteiger partial charge on any atom is 0.222 e. The summed E-state index contributed by atoms with van der Waals surface area (Å²) in [6, 6.07) is 7.44. The minimum absolute atomic E-state index is 0.304. The van der Waals surface area contributed by atoms with E-state index < -0.39 is 0 Å². The molecule has 80 valence electrons. The van der Waals surface area contributed by atoms with Crippen molar-refractivity contribution in [2.45, 2.75) is 0 Å². The monoisotopic (exact) mass is 215 g/mol. The molecule has 0 saturated carbocycles. The van der Waals surface area contributed by atoms with Crippen LogP contribution in [0.3, 0.4) is 0 Å². The molecule has 2 N–H and O–H groups in total. The minimum Gasteiger partial charge on any atom is -0.368 e. The smallest absolute Gasteiger partial charge is 0.222 e. The molecule has 3 rings (SSSR count). The lowest BCUT2D eigenvalue weighted by Crippen LogP contribution is -1.89. The van der Waals surface area contributed by atoms with Gasteiger partial charge in [0.15, 0.2) is 0 Å². The second-order valence-corrected chi connectivity index (χ2v) is 3.53. The van der Waals surface area contributed by atoms with E-state index in [2.05, 4.69) is 15.5 Å². The Morgan fingerprint density at radius 2 is 2.19 bits per heavy atom. The Kier molecular flexibility index (Phi) is 1.70. The van der Waals surface area contributed by atoms with Crippen LogP contribution in [-0.2, 0) is 7.05 Å². The molecule has 0 amide bonds. The van der Waals surface area contributed by atoms with Gasteiger partial charge in [0.2, 0.25) is 5.88 Å². The third-order valence-corrected chi connectivity index (χ3v) is 2.43. The average molecular weight is 215 g/mol. The van der Waals surface area contributed by atoms with E-state index in [1.54, 1.807) is 10.7 Å². The number of rotatable bonds is 1. The van der Waals surface area contributed by atoms with Gasteiger partial charge in [0.05, 0.1) is 5.52 Å². The fourth-order valence-electron chi connectivity index (χ4n) is 1.62. The van der Waals surface area contributed by atoms with Crippen molar-refractivity contribution in [3.8, 4) is 11.3 Å². The van der Waals surface area contributed by atoms with Crippen molar-refractivity contribution in [3.05, 3.63) is 24.3 Å².